The van der Waals surface area contributed by atoms with E-state index in [-0.39, 0.29) is 0 Å². The molecule has 0 unspecified atom stereocenters. The molecule has 0 N–H and O–H groups in total. The maximum Gasteiger partial charge on any atom is 0.252 e. The lowest BCUT2D eigenvalue weighted by atomic mass is 10.2. The Morgan fingerprint density at radius 2 is 1.70 bits per heavy atom. The quantitative estimate of drug-likeness (QED) is 0.706. The van der Waals surface area contributed by atoms with E-state index in [1.54, 1.807) is 12.1 Å². The third kappa shape index (κ3) is 8.22. The van der Waals surface area contributed by atoms with Crippen LogP contribution in [0.2, 0.25) is 0 Å². The zero-order valence-electron chi connectivity index (χ0n) is 11.8. The summed E-state index contributed by atoms with van der Waals surface area (Å²) in [6, 6.07) is 7.14. The van der Waals surface area contributed by atoms with Crippen molar-refractivity contribution in [2.45, 2.75) is 20.3 Å². The summed E-state index contributed by atoms with van der Waals surface area (Å²) in [7, 11) is 0. The number of allylic oxidation sites excluding steroid dienone is 6. The van der Waals surface area contributed by atoms with E-state index >= 15 is 0 Å². The summed E-state index contributed by atoms with van der Waals surface area (Å²) in [5.41, 5.74) is 3.01. The molecule has 0 fully saturated rings. The van der Waals surface area contributed by atoms with E-state index in [2.05, 4.69) is 37.3 Å². The third-order valence-electron chi connectivity index (χ3n) is 2.43. The highest BCUT2D eigenvalue weighted by Crippen LogP contribution is 2.05. The highest BCUT2D eigenvalue weighted by Gasteiger charge is 1.97. The molecule has 0 saturated heterocycles. The van der Waals surface area contributed by atoms with Gasteiger partial charge in [0.05, 0.1) is 0 Å². The van der Waals surface area contributed by atoms with Crippen LogP contribution in [0, 0.1) is 6.92 Å². The molecule has 106 valence electrons. The van der Waals surface area contributed by atoms with E-state index in [4.69, 9.17) is 16.4 Å². The molecule has 0 saturated carbocycles. The van der Waals surface area contributed by atoms with Gasteiger partial charge in [-0.05, 0) is 44.0 Å². The van der Waals surface area contributed by atoms with Crippen molar-refractivity contribution >= 4 is 23.6 Å². The van der Waals surface area contributed by atoms with Crippen LogP contribution in [-0.4, -0.2) is 12.0 Å². The van der Waals surface area contributed by atoms with Gasteiger partial charge in [0.2, 0.25) is 0 Å². The molecule has 0 aliphatic heterocycles. The van der Waals surface area contributed by atoms with Crippen LogP contribution in [-0.2, 0) is 4.79 Å². The molecule has 1 aromatic rings. The van der Waals surface area contributed by atoms with Gasteiger partial charge in [0, 0.05) is 5.56 Å². The van der Waals surface area contributed by atoms with Crippen LogP contribution in [0.1, 0.15) is 29.3 Å². The van der Waals surface area contributed by atoms with Crippen molar-refractivity contribution in [3.05, 3.63) is 71.3 Å². The zero-order chi connectivity index (χ0) is 15.4. The Hall–Kier alpha value is -1.93. The maximum absolute atomic E-state index is 10.5. The third-order valence-corrected chi connectivity index (χ3v) is 2.64. The molecule has 1 aliphatic rings. The SMILES string of the molecule is C=O.CC1=CC=CCC=C1.Cc1ccc(C(=O)Cl)cc1. The molecule has 20 heavy (non-hydrogen) atoms. The van der Waals surface area contributed by atoms with E-state index in [0.717, 1.165) is 12.0 Å². The Morgan fingerprint density at radius 1 is 1.10 bits per heavy atom. The molecule has 0 atom stereocenters. The van der Waals surface area contributed by atoms with Crippen LogP contribution in [0.25, 0.3) is 0 Å². The Morgan fingerprint density at radius 3 is 2.25 bits per heavy atom. The summed E-state index contributed by atoms with van der Waals surface area (Å²) < 4.78 is 0. The molecule has 0 bridgehead atoms. The molecule has 3 heteroatoms. The average molecular weight is 291 g/mol. The molecule has 0 spiro atoms. The van der Waals surface area contributed by atoms with Gasteiger partial charge in [-0.2, -0.15) is 0 Å². The fourth-order valence-electron chi connectivity index (χ4n) is 1.37. The van der Waals surface area contributed by atoms with Gasteiger partial charge >= 0.3 is 0 Å². The second-order valence-electron chi connectivity index (χ2n) is 4.12. The number of halogens is 1. The molecule has 2 nitrogen and oxygen atoms in total. The molecular formula is C17H19ClO2. The number of hydrogen-bond donors (Lipinski definition) is 0. The Bertz CT molecular complexity index is 496. The molecule has 1 aliphatic carbocycles. The van der Waals surface area contributed by atoms with E-state index in [1.807, 2.05) is 25.8 Å². The largest absolute Gasteiger partial charge is 0.307 e. The van der Waals surface area contributed by atoms with Crippen LogP contribution >= 0.6 is 11.6 Å². The lowest BCUT2D eigenvalue weighted by molar-refractivity contribution is -0.0979. The summed E-state index contributed by atoms with van der Waals surface area (Å²) >= 11 is 5.22. The number of hydrogen-bond acceptors (Lipinski definition) is 2. The van der Waals surface area contributed by atoms with E-state index in [9.17, 15) is 4.79 Å². The van der Waals surface area contributed by atoms with Crippen LogP contribution in [0.4, 0.5) is 0 Å². The fraction of sp³-hybridized carbons (Fsp3) is 0.176. The van der Waals surface area contributed by atoms with Crippen LogP contribution in [0.5, 0.6) is 0 Å². The van der Waals surface area contributed by atoms with Crippen molar-refractivity contribution in [3.8, 4) is 0 Å². The summed E-state index contributed by atoms with van der Waals surface area (Å²) in [6.45, 7) is 6.06. The van der Waals surface area contributed by atoms with Gasteiger partial charge in [-0.15, -0.1) is 0 Å². The average Bonchev–Trinajstić information content (AvgIpc) is 2.70. The number of rotatable bonds is 1. The van der Waals surface area contributed by atoms with E-state index < -0.39 is 5.24 Å². The highest BCUT2D eigenvalue weighted by atomic mass is 35.5. The van der Waals surface area contributed by atoms with Gasteiger partial charge in [0.15, 0.2) is 0 Å². The first-order valence-corrected chi connectivity index (χ1v) is 6.52. The summed E-state index contributed by atoms with van der Waals surface area (Å²) in [5, 5.41) is -0.403. The van der Waals surface area contributed by atoms with Crippen molar-refractivity contribution < 1.29 is 9.59 Å². The zero-order valence-corrected chi connectivity index (χ0v) is 12.6. The molecule has 2 rings (SSSR count). The van der Waals surface area contributed by atoms with Crippen molar-refractivity contribution in [1.82, 2.24) is 0 Å². The number of aryl methyl sites for hydroxylation is 1. The first-order chi connectivity index (χ1) is 9.59. The topological polar surface area (TPSA) is 34.1 Å². The Labute approximate surface area is 125 Å². The van der Waals surface area contributed by atoms with Crippen molar-refractivity contribution in [2.75, 3.05) is 0 Å². The Balaban J connectivity index is 0.000000327. The molecular weight excluding hydrogens is 272 g/mol. The minimum Gasteiger partial charge on any atom is -0.307 e. The minimum absolute atomic E-state index is 0.403. The van der Waals surface area contributed by atoms with Crippen molar-refractivity contribution in [3.63, 3.8) is 0 Å². The molecule has 0 aromatic heterocycles. The fourth-order valence-corrected chi connectivity index (χ4v) is 1.50. The second kappa shape index (κ2) is 10.9. The standard InChI is InChI=1S/C8H7ClO.C8H10.CH2O/c1-6-2-4-7(5-3-6)8(9)10;1-8-6-4-2-3-5-7-8;1-2/h2-5H,1H3;2,4-7H,3H2,1H3;1H2. The first kappa shape index (κ1) is 18.1. The highest BCUT2D eigenvalue weighted by molar-refractivity contribution is 6.67. The first-order valence-electron chi connectivity index (χ1n) is 6.15. The van der Waals surface area contributed by atoms with Crippen LogP contribution in [0.15, 0.2) is 60.2 Å². The second-order valence-corrected chi connectivity index (χ2v) is 4.46. The summed E-state index contributed by atoms with van der Waals surface area (Å²) in [5.74, 6) is 0. The minimum atomic E-state index is -0.403. The molecule has 0 radical (unpaired) electrons. The molecule has 0 heterocycles. The smallest absolute Gasteiger partial charge is 0.252 e. The van der Waals surface area contributed by atoms with Crippen LogP contribution in [0.3, 0.4) is 0 Å². The van der Waals surface area contributed by atoms with Gasteiger partial charge in [-0.3, -0.25) is 4.79 Å². The van der Waals surface area contributed by atoms with Crippen molar-refractivity contribution in [2.24, 2.45) is 0 Å². The van der Waals surface area contributed by atoms with Gasteiger partial charge in [-0.25, -0.2) is 0 Å². The number of carbonyl (C=O) groups is 2. The number of benzene rings is 1. The monoisotopic (exact) mass is 290 g/mol. The molecule has 1 aromatic carbocycles. The lowest BCUT2D eigenvalue weighted by Gasteiger charge is -1.92. The predicted molar refractivity (Wildman–Crippen MR) is 85.1 cm³/mol. The van der Waals surface area contributed by atoms with Gasteiger partial charge in [0.1, 0.15) is 6.79 Å². The van der Waals surface area contributed by atoms with E-state index in [1.165, 1.54) is 5.57 Å². The lowest BCUT2D eigenvalue weighted by Crippen LogP contribution is -1.86. The van der Waals surface area contributed by atoms with Crippen molar-refractivity contribution in [1.29, 1.82) is 0 Å². The Kier molecular flexibility index (Phi) is 9.89. The van der Waals surface area contributed by atoms with Crippen LogP contribution < -0.4 is 0 Å². The normalized spacial score (nSPS) is 12.1. The maximum atomic E-state index is 10.5. The van der Waals surface area contributed by atoms with Gasteiger partial charge in [-0.1, -0.05) is 53.6 Å². The number of carbonyl (C=O) groups excluding carboxylic acids is 2. The predicted octanol–water partition coefficient (Wildman–Crippen LogP) is 4.64. The summed E-state index contributed by atoms with van der Waals surface area (Å²) in [4.78, 5) is 18.5. The van der Waals surface area contributed by atoms with E-state index in [0.29, 0.717) is 5.56 Å². The summed E-state index contributed by atoms with van der Waals surface area (Å²) in [6.07, 6.45) is 11.7. The van der Waals surface area contributed by atoms with Gasteiger partial charge < -0.3 is 4.79 Å². The molecule has 0 amide bonds. The van der Waals surface area contributed by atoms with Gasteiger partial charge in [0.25, 0.3) is 5.24 Å².